The molecule has 0 unspecified atom stereocenters. The molecule has 0 radical (unpaired) electrons. The zero-order valence-corrected chi connectivity index (χ0v) is 27.1. The van der Waals surface area contributed by atoms with Crippen LogP contribution in [0.1, 0.15) is 41.4 Å². The van der Waals surface area contributed by atoms with E-state index in [0.29, 0.717) is 0 Å². The fourth-order valence-corrected chi connectivity index (χ4v) is 2.04. The van der Waals surface area contributed by atoms with Crippen LogP contribution in [0.2, 0.25) is 0 Å². The van der Waals surface area contributed by atoms with Crippen LogP contribution in [0, 0.1) is 0 Å². The maximum atomic E-state index is 11.1. The van der Waals surface area contributed by atoms with Crippen molar-refractivity contribution >= 4 is 34.6 Å². The van der Waals surface area contributed by atoms with Crippen LogP contribution in [0.5, 0.6) is 0 Å². The van der Waals surface area contributed by atoms with E-state index in [1.54, 1.807) is 0 Å². The van der Waals surface area contributed by atoms with Crippen molar-refractivity contribution in [3.05, 3.63) is 46.5 Å². The number of aromatic carboxylic acids is 4. The zero-order valence-electron chi connectivity index (χ0n) is 14.6. The molecule has 0 aliphatic rings. The van der Waals surface area contributed by atoms with Gasteiger partial charge in [0.25, 0.3) is 0 Å². The largest absolute Gasteiger partial charge is 1.00 e. The number of rotatable bonds is 4. The van der Waals surface area contributed by atoms with Crippen molar-refractivity contribution < 1.29 is 245 Å². The van der Waals surface area contributed by atoms with Crippen LogP contribution >= 0.6 is 0 Å². The van der Waals surface area contributed by atoms with Crippen LogP contribution in [0.25, 0.3) is 10.8 Å². The normalized spacial score (nSPS) is 8.77. The summed E-state index contributed by atoms with van der Waals surface area (Å²) in [5, 5.41) is 43.5. The molecule has 0 amide bonds. The number of fused-ring (bicyclic) bond motifs is 1. The quantitative estimate of drug-likeness (QED) is 0.410. The van der Waals surface area contributed by atoms with Gasteiger partial charge in [-0.2, -0.15) is 0 Å². The van der Waals surface area contributed by atoms with Crippen LogP contribution in [-0.2, 0) is 0 Å². The first-order valence-corrected chi connectivity index (χ1v) is 5.69. The second-order valence-electron chi connectivity index (χ2n) is 4.29. The number of hydrogen-bond acceptors (Lipinski definition) is 8. The molecule has 0 saturated carbocycles. The Balaban J connectivity index is -0.00000132. The van der Waals surface area contributed by atoms with Gasteiger partial charge in [-0.05, 0) is 40.6 Å². The standard InChI is InChI=1S/C14H8O8.4K/c15-11(16)6-1-5-2-9(13(19)20)10(14(21)22)4-7(5)8(3-6)12(17)18;;;;/h1-4H,(H,15,16)(H,17,18)(H,19,20)(H,21,22);;;;/q;4*+1/p-4. The number of hydrogen-bond donors (Lipinski definition) is 0. The summed E-state index contributed by atoms with van der Waals surface area (Å²) in [4.78, 5) is 43.8. The molecule has 0 aliphatic carbocycles. The van der Waals surface area contributed by atoms with Crippen LogP contribution in [0.4, 0.5) is 0 Å². The number of carbonyl (C=O) groups excluding carboxylic acids is 4. The molecule has 2 aromatic rings. The second kappa shape index (κ2) is 15.0. The maximum Gasteiger partial charge on any atom is 1.00 e. The zero-order chi connectivity index (χ0) is 16.6. The van der Waals surface area contributed by atoms with Crippen molar-refractivity contribution in [2.45, 2.75) is 0 Å². The Labute approximate surface area is 317 Å². The molecular weight excluding hydrogens is 453 g/mol. The second-order valence-corrected chi connectivity index (χ2v) is 4.29. The predicted molar refractivity (Wildman–Crippen MR) is 61.3 cm³/mol. The van der Waals surface area contributed by atoms with Crippen LogP contribution in [-0.4, -0.2) is 23.9 Å². The number of benzene rings is 2. The Morgan fingerprint density at radius 1 is 0.538 bits per heavy atom. The van der Waals surface area contributed by atoms with E-state index in [1.165, 1.54) is 0 Å². The van der Waals surface area contributed by atoms with E-state index in [2.05, 4.69) is 0 Å². The average molecular weight is 457 g/mol. The minimum absolute atomic E-state index is 0. The monoisotopic (exact) mass is 456 g/mol. The van der Waals surface area contributed by atoms with E-state index in [1.807, 2.05) is 0 Å². The Morgan fingerprint density at radius 3 is 1.35 bits per heavy atom. The van der Waals surface area contributed by atoms with E-state index < -0.39 is 46.1 Å². The van der Waals surface area contributed by atoms with Crippen molar-refractivity contribution in [3.63, 3.8) is 0 Å². The van der Waals surface area contributed by atoms with Gasteiger partial charge in [0.15, 0.2) is 0 Å². The first-order valence-electron chi connectivity index (χ1n) is 5.69. The third-order valence-electron chi connectivity index (χ3n) is 2.99. The van der Waals surface area contributed by atoms with Gasteiger partial charge in [0.1, 0.15) is 0 Å². The van der Waals surface area contributed by atoms with Gasteiger partial charge in [-0.15, -0.1) is 0 Å². The van der Waals surface area contributed by atoms with Crippen molar-refractivity contribution in [1.29, 1.82) is 0 Å². The fourth-order valence-electron chi connectivity index (χ4n) is 2.04. The summed E-state index contributed by atoms with van der Waals surface area (Å²) in [5.41, 5.74) is -2.72. The van der Waals surface area contributed by atoms with Gasteiger partial charge >= 0.3 is 206 Å². The van der Waals surface area contributed by atoms with Gasteiger partial charge in [0.2, 0.25) is 0 Å². The summed E-state index contributed by atoms with van der Waals surface area (Å²) in [5.74, 6) is -7.15. The van der Waals surface area contributed by atoms with E-state index in [9.17, 15) is 39.6 Å². The van der Waals surface area contributed by atoms with Crippen molar-refractivity contribution in [3.8, 4) is 0 Å². The van der Waals surface area contributed by atoms with Gasteiger partial charge in [-0.25, -0.2) is 0 Å². The number of carboxylic acid groups (broad SMARTS) is 4. The molecule has 0 aliphatic heterocycles. The summed E-state index contributed by atoms with van der Waals surface area (Å²) in [6.45, 7) is 0. The SMILES string of the molecule is O=C([O-])c1cc(C(=O)[O-])c2cc(C(=O)[O-])c(C(=O)[O-])cc2c1.[K+].[K+].[K+].[K+]. The van der Waals surface area contributed by atoms with Gasteiger partial charge in [-0.1, -0.05) is 0 Å². The Morgan fingerprint density at radius 2 is 0.962 bits per heavy atom. The third-order valence-corrected chi connectivity index (χ3v) is 2.99. The summed E-state index contributed by atoms with van der Waals surface area (Å²) in [6.07, 6.45) is 0. The number of carbonyl (C=O) groups is 4. The molecule has 8 nitrogen and oxygen atoms in total. The Hall–Kier alpha value is 3.13. The molecular formula is C14H4K4O8. The van der Waals surface area contributed by atoms with Crippen LogP contribution in [0.3, 0.4) is 0 Å². The molecule has 0 atom stereocenters. The number of carboxylic acids is 4. The molecule has 2 aromatic carbocycles. The van der Waals surface area contributed by atoms with E-state index in [0.717, 1.165) is 24.3 Å². The van der Waals surface area contributed by atoms with Crippen LogP contribution in [0.15, 0.2) is 24.3 Å². The van der Waals surface area contributed by atoms with E-state index in [4.69, 9.17) is 0 Å². The average Bonchev–Trinajstić information content (AvgIpc) is 2.43. The molecule has 0 saturated heterocycles. The van der Waals surface area contributed by atoms with Gasteiger partial charge in [-0.3, -0.25) is 0 Å². The minimum Gasteiger partial charge on any atom is -0.545 e. The van der Waals surface area contributed by atoms with Crippen LogP contribution < -0.4 is 226 Å². The molecule has 0 N–H and O–H groups in total. The summed E-state index contributed by atoms with van der Waals surface area (Å²) in [7, 11) is 0. The molecule has 26 heavy (non-hydrogen) atoms. The molecule has 0 bridgehead atoms. The molecule has 12 heteroatoms. The molecule has 0 fully saturated rings. The third kappa shape index (κ3) is 8.34. The first-order chi connectivity index (χ1) is 10.2. The van der Waals surface area contributed by atoms with E-state index in [-0.39, 0.29) is 216 Å². The minimum atomic E-state index is -1.85. The molecule has 112 valence electrons. The topological polar surface area (TPSA) is 161 Å². The first kappa shape index (κ1) is 33.8. The Kier molecular flexibility index (Phi) is 19.5. The predicted octanol–water partition coefficient (Wildman–Crippen LogP) is -15.7. The smallest absolute Gasteiger partial charge is 0.545 e. The molecule has 2 rings (SSSR count). The van der Waals surface area contributed by atoms with Crippen molar-refractivity contribution in [1.82, 2.24) is 0 Å². The van der Waals surface area contributed by atoms with E-state index >= 15 is 0 Å². The summed E-state index contributed by atoms with van der Waals surface area (Å²) in [6, 6.07) is 3.21. The maximum absolute atomic E-state index is 11.1. The molecule has 0 heterocycles. The fraction of sp³-hybridized carbons (Fsp3) is 0. The van der Waals surface area contributed by atoms with Gasteiger partial charge < -0.3 is 39.6 Å². The molecule has 0 spiro atoms. The van der Waals surface area contributed by atoms with Crippen molar-refractivity contribution in [2.75, 3.05) is 0 Å². The Bertz CT molecular complexity index is 866. The van der Waals surface area contributed by atoms with Gasteiger partial charge in [0.05, 0.1) is 23.9 Å². The van der Waals surface area contributed by atoms with Gasteiger partial charge in [0, 0.05) is 16.7 Å². The molecule has 0 aromatic heterocycles. The summed E-state index contributed by atoms with van der Waals surface area (Å²) >= 11 is 0. The summed E-state index contributed by atoms with van der Waals surface area (Å²) < 4.78 is 0. The van der Waals surface area contributed by atoms with Crippen molar-refractivity contribution in [2.24, 2.45) is 0 Å².